The third kappa shape index (κ3) is 4.35. The van der Waals surface area contributed by atoms with E-state index in [1.165, 1.54) is 0 Å². The van der Waals surface area contributed by atoms with E-state index >= 15 is 0 Å². The molecular formula is C15H23N3O2. The number of nitrogens with one attached hydrogen (secondary N) is 2. The van der Waals surface area contributed by atoms with Crippen molar-refractivity contribution in [3.05, 3.63) is 35.4 Å². The van der Waals surface area contributed by atoms with Gasteiger partial charge in [0.25, 0.3) is 5.91 Å². The standard InChI is InChI=1S/C15H23N3O2/c1-15(2,3)12(13(16)19)18-9-10-5-7-11(8-6-10)14(20)17-4/h5-8,12,18H,9H2,1-4H3,(H2,16,19)(H,17,20). The molecule has 5 heteroatoms. The highest BCUT2D eigenvalue weighted by atomic mass is 16.2. The molecule has 0 saturated carbocycles. The van der Waals surface area contributed by atoms with Gasteiger partial charge in [0.05, 0.1) is 6.04 Å². The Kier molecular flexibility index (Phi) is 5.27. The van der Waals surface area contributed by atoms with E-state index in [2.05, 4.69) is 10.6 Å². The summed E-state index contributed by atoms with van der Waals surface area (Å²) in [5.74, 6) is -0.478. The summed E-state index contributed by atoms with van der Waals surface area (Å²) in [6, 6.07) is 6.83. The summed E-state index contributed by atoms with van der Waals surface area (Å²) in [5.41, 5.74) is 6.78. The summed E-state index contributed by atoms with van der Waals surface area (Å²) in [4.78, 5) is 22.9. The number of hydrogen-bond donors (Lipinski definition) is 3. The number of carbonyl (C=O) groups excluding carboxylic acids is 2. The topological polar surface area (TPSA) is 84.2 Å². The van der Waals surface area contributed by atoms with E-state index in [0.717, 1.165) is 5.56 Å². The lowest BCUT2D eigenvalue weighted by Gasteiger charge is -2.28. The lowest BCUT2D eigenvalue weighted by Crippen LogP contribution is -2.49. The van der Waals surface area contributed by atoms with Crippen LogP contribution in [-0.4, -0.2) is 24.9 Å². The number of benzene rings is 1. The van der Waals surface area contributed by atoms with Crippen molar-refractivity contribution < 1.29 is 9.59 Å². The molecule has 1 rings (SSSR count). The summed E-state index contributed by atoms with van der Waals surface area (Å²) in [5, 5.41) is 5.73. The molecule has 0 heterocycles. The minimum absolute atomic E-state index is 0.116. The highest BCUT2D eigenvalue weighted by molar-refractivity contribution is 5.93. The molecule has 1 unspecified atom stereocenters. The Balaban J connectivity index is 2.70. The molecule has 5 nitrogen and oxygen atoms in total. The van der Waals surface area contributed by atoms with E-state index in [4.69, 9.17) is 5.73 Å². The Morgan fingerprint density at radius 2 is 1.75 bits per heavy atom. The van der Waals surface area contributed by atoms with Crippen LogP contribution in [0.4, 0.5) is 0 Å². The molecule has 0 fully saturated rings. The quantitative estimate of drug-likeness (QED) is 0.751. The van der Waals surface area contributed by atoms with Gasteiger partial charge in [-0.2, -0.15) is 0 Å². The van der Waals surface area contributed by atoms with Gasteiger partial charge in [-0.05, 0) is 23.1 Å². The van der Waals surface area contributed by atoms with Crippen molar-refractivity contribution in [1.82, 2.24) is 10.6 Å². The van der Waals surface area contributed by atoms with Crippen molar-refractivity contribution in [3.8, 4) is 0 Å². The van der Waals surface area contributed by atoms with Crippen molar-refractivity contribution in [2.75, 3.05) is 7.05 Å². The second-order valence-electron chi connectivity index (χ2n) is 5.86. The molecule has 0 saturated heterocycles. The fourth-order valence-electron chi connectivity index (χ4n) is 1.97. The third-order valence-corrected chi connectivity index (χ3v) is 3.10. The Morgan fingerprint density at radius 1 is 1.20 bits per heavy atom. The second-order valence-corrected chi connectivity index (χ2v) is 5.86. The first-order valence-electron chi connectivity index (χ1n) is 6.59. The molecule has 20 heavy (non-hydrogen) atoms. The highest BCUT2D eigenvalue weighted by Crippen LogP contribution is 2.19. The predicted molar refractivity (Wildman–Crippen MR) is 79.1 cm³/mol. The van der Waals surface area contributed by atoms with Crippen LogP contribution in [0.15, 0.2) is 24.3 Å². The Labute approximate surface area is 119 Å². The molecule has 0 radical (unpaired) electrons. The maximum atomic E-state index is 11.5. The summed E-state index contributed by atoms with van der Waals surface area (Å²) < 4.78 is 0. The molecule has 0 aliphatic heterocycles. The van der Waals surface area contributed by atoms with Gasteiger partial charge in [-0.1, -0.05) is 32.9 Å². The van der Waals surface area contributed by atoms with Crippen molar-refractivity contribution in [2.24, 2.45) is 11.1 Å². The number of amides is 2. The molecule has 110 valence electrons. The molecule has 0 aliphatic rings. The van der Waals surface area contributed by atoms with E-state index in [1.54, 1.807) is 19.2 Å². The first-order valence-corrected chi connectivity index (χ1v) is 6.59. The molecule has 4 N–H and O–H groups in total. The Hall–Kier alpha value is -1.88. The first-order chi connectivity index (χ1) is 9.25. The van der Waals surface area contributed by atoms with Crippen molar-refractivity contribution in [3.63, 3.8) is 0 Å². The van der Waals surface area contributed by atoms with Crippen LogP contribution in [0.25, 0.3) is 0 Å². The third-order valence-electron chi connectivity index (χ3n) is 3.10. The maximum Gasteiger partial charge on any atom is 0.251 e. The van der Waals surface area contributed by atoms with E-state index in [1.807, 2.05) is 32.9 Å². The fraction of sp³-hybridized carbons (Fsp3) is 0.467. The Bertz CT molecular complexity index is 475. The van der Waals surface area contributed by atoms with Gasteiger partial charge in [0.2, 0.25) is 5.91 Å². The summed E-state index contributed by atoms with van der Waals surface area (Å²) in [6.07, 6.45) is 0. The summed E-state index contributed by atoms with van der Waals surface area (Å²) in [6.45, 7) is 6.41. The first kappa shape index (κ1) is 16.2. The fourth-order valence-corrected chi connectivity index (χ4v) is 1.97. The summed E-state index contributed by atoms with van der Waals surface area (Å²) >= 11 is 0. The zero-order valence-electron chi connectivity index (χ0n) is 12.5. The minimum atomic E-state index is -0.402. The van der Waals surface area contributed by atoms with Crippen LogP contribution < -0.4 is 16.4 Å². The predicted octanol–water partition coefficient (Wildman–Crippen LogP) is 1.04. The van der Waals surface area contributed by atoms with Gasteiger partial charge in [0.1, 0.15) is 0 Å². The van der Waals surface area contributed by atoms with Crippen molar-refractivity contribution >= 4 is 11.8 Å². The highest BCUT2D eigenvalue weighted by Gasteiger charge is 2.28. The van der Waals surface area contributed by atoms with Gasteiger partial charge >= 0.3 is 0 Å². The zero-order chi connectivity index (χ0) is 15.3. The second kappa shape index (κ2) is 6.52. The SMILES string of the molecule is CNC(=O)c1ccc(CNC(C(N)=O)C(C)(C)C)cc1. The van der Waals surface area contributed by atoms with E-state index < -0.39 is 6.04 Å². The van der Waals surface area contributed by atoms with Crippen LogP contribution >= 0.6 is 0 Å². The van der Waals surface area contributed by atoms with Gasteiger partial charge in [-0.3, -0.25) is 9.59 Å². The average Bonchev–Trinajstić information content (AvgIpc) is 2.36. The van der Waals surface area contributed by atoms with E-state index in [9.17, 15) is 9.59 Å². The molecule has 0 bridgehead atoms. The number of nitrogens with two attached hydrogens (primary N) is 1. The normalized spacial score (nSPS) is 12.8. The van der Waals surface area contributed by atoms with Crippen LogP contribution in [0.2, 0.25) is 0 Å². The Morgan fingerprint density at radius 3 is 2.15 bits per heavy atom. The van der Waals surface area contributed by atoms with Crippen LogP contribution in [0, 0.1) is 5.41 Å². The number of primary amides is 1. The van der Waals surface area contributed by atoms with Gasteiger partial charge in [-0.25, -0.2) is 0 Å². The monoisotopic (exact) mass is 277 g/mol. The maximum absolute atomic E-state index is 11.5. The molecular weight excluding hydrogens is 254 g/mol. The van der Waals surface area contributed by atoms with Gasteiger partial charge in [-0.15, -0.1) is 0 Å². The smallest absolute Gasteiger partial charge is 0.251 e. The van der Waals surface area contributed by atoms with Gasteiger partial charge in [0.15, 0.2) is 0 Å². The number of carbonyl (C=O) groups is 2. The van der Waals surface area contributed by atoms with Crippen LogP contribution in [0.1, 0.15) is 36.7 Å². The largest absolute Gasteiger partial charge is 0.368 e. The lowest BCUT2D eigenvalue weighted by molar-refractivity contribution is -0.122. The zero-order valence-corrected chi connectivity index (χ0v) is 12.5. The minimum Gasteiger partial charge on any atom is -0.368 e. The molecule has 0 aliphatic carbocycles. The van der Waals surface area contributed by atoms with Gasteiger partial charge in [0, 0.05) is 19.2 Å². The number of hydrogen-bond acceptors (Lipinski definition) is 3. The molecule has 1 atom stereocenters. The molecule has 0 spiro atoms. The van der Waals surface area contributed by atoms with Crippen LogP contribution in [0.5, 0.6) is 0 Å². The van der Waals surface area contributed by atoms with Gasteiger partial charge < -0.3 is 16.4 Å². The van der Waals surface area contributed by atoms with Crippen molar-refractivity contribution in [1.29, 1.82) is 0 Å². The van der Waals surface area contributed by atoms with Crippen molar-refractivity contribution in [2.45, 2.75) is 33.4 Å². The van der Waals surface area contributed by atoms with Crippen LogP contribution in [-0.2, 0) is 11.3 Å². The van der Waals surface area contributed by atoms with Crippen LogP contribution in [0.3, 0.4) is 0 Å². The lowest BCUT2D eigenvalue weighted by atomic mass is 9.86. The molecule has 2 amide bonds. The molecule has 1 aromatic rings. The molecule has 0 aromatic heterocycles. The summed E-state index contributed by atoms with van der Waals surface area (Å²) in [7, 11) is 1.60. The van der Waals surface area contributed by atoms with E-state index in [0.29, 0.717) is 12.1 Å². The number of rotatable bonds is 5. The van der Waals surface area contributed by atoms with E-state index in [-0.39, 0.29) is 17.2 Å². The average molecular weight is 277 g/mol. The molecule has 1 aromatic carbocycles.